The summed E-state index contributed by atoms with van der Waals surface area (Å²) in [6.07, 6.45) is 0.778. The van der Waals surface area contributed by atoms with E-state index >= 15 is 0 Å². The van der Waals surface area contributed by atoms with Crippen LogP contribution in [0.5, 0.6) is 0 Å². The van der Waals surface area contributed by atoms with Crippen molar-refractivity contribution in [3.63, 3.8) is 0 Å². The van der Waals surface area contributed by atoms with Gasteiger partial charge >= 0.3 is 0 Å². The van der Waals surface area contributed by atoms with Crippen molar-refractivity contribution >= 4 is 16.8 Å². The molecule has 0 spiro atoms. The molecule has 2 N–H and O–H groups in total. The normalized spacial score (nSPS) is 12.3. The Morgan fingerprint density at radius 1 is 1.17 bits per heavy atom. The lowest BCUT2D eigenvalue weighted by atomic mass is 10.1. The number of rotatable bonds is 4. The van der Waals surface area contributed by atoms with E-state index in [1.807, 2.05) is 35.9 Å². The van der Waals surface area contributed by atoms with Crippen molar-refractivity contribution in [3.05, 3.63) is 71.4 Å². The molecule has 0 bridgehead atoms. The van der Waals surface area contributed by atoms with Gasteiger partial charge in [0.15, 0.2) is 0 Å². The maximum atomic E-state index is 13.6. The molecule has 4 nitrogen and oxygen atoms in total. The first-order valence-corrected chi connectivity index (χ1v) is 7.43. The number of carbonyl (C=O) groups is 1. The van der Waals surface area contributed by atoms with Crippen LogP contribution >= 0.6 is 0 Å². The van der Waals surface area contributed by atoms with Gasteiger partial charge in [-0.05, 0) is 18.2 Å². The Morgan fingerprint density at radius 2 is 1.83 bits per heavy atom. The van der Waals surface area contributed by atoms with Crippen LogP contribution < -0.4 is 5.32 Å². The molecule has 1 amide bonds. The largest absolute Gasteiger partial charge is 0.386 e. The van der Waals surface area contributed by atoms with Crippen molar-refractivity contribution in [1.82, 2.24) is 9.88 Å². The van der Waals surface area contributed by atoms with Crippen molar-refractivity contribution in [2.75, 3.05) is 6.54 Å². The van der Waals surface area contributed by atoms with Crippen molar-refractivity contribution in [1.29, 1.82) is 0 Å². The molecule has 0 saturated heterocycles. The molecule has 0 radical (unpaired) electrons. The van der Waals surface area contributed by atoms with Gasteiger partial charge in [-0.1, -0.05) is 24.3 Å². The highest BCUT2D eigenvalue weighted by Gasteiger charge is 2.19. The first-order chi connectivity index (χ1) is 11.5. The second kappa shape index (κ2) is 6.41. The van der Waals surface area contributed by atoms with Crippen molar-refractivity contribution < 1.29 is 18.7 Å². The number of hydrogen-bond donors (Lipinski definition) is 2. The van der Waals surface area contributed by atoms with E-state index in [1.165, 1.54) is 6.07 Å². The van der Waals surface area contributed by atoms with Gasteiger partial charge in [0.05, 0.1) is 6.10 Å². The highest BCUT2D eigenvalue weighted by atomic mass is 19.1. The zero-order valence-corrected chi connectivity index (χ0v) is 13.0. The molecule has 1 atom stereocenters. The molecule has 3 rings (SSSR count). The molecule has 1 aromatic heterocycles. The number of aliphatic hydroxyl groups excluding tert-OH is 1. The lowest BCUT2D eigenvalue weighted by Crippen LogP contribution is -2.29. The molecule has 0 aliphatic rings. The average Bonchev–Trinajstić information content (AvgIpc) is 2.90. The Labute approximate surface area is 137 Å². The molecule has 0 fully saturated rings. The Balaban J connectivity index is 1.78. The van der Waals surface area contributed by atoms with Crippen molar-refractivity contribution in [2.45, 2.75) is 6.10 Å². The van der Waals surface area contributed by atoms with Gasteiger partial charge in [0.25, 0.3) is 5.91 Å². The lowest BCUT2D eigenvalue weighted by Gasteiger charge is -2.12. The third-order valence-corrected chi connectivity index (χ3v) is 3.93. The number of carbonyl (C=O) groups excluding carboxylic acids is 1. The lowest BCUT2D eigenvalue weighted by molar-refractivity contribution is 0.0908. The SMILES string of the molecule is Cn1cc([C@H](O)CNC(=O)c2c(F)cccc2F)c2ccccc21. The van der Waals surface area contributed by atoms with Crippen LogP contribution in [0.2, 0.25) is 0 Å². The molecular weight excluding hydrogens is 314 g/mol. The number of aryl methyl sites for hydroxylation is 1. The maximum absolute atomic E-state index is 13.6. The van der Waals surface area contributed by atoms with Crippen LogP contribution in [0, 0.1) is 11.6 Å². The monoisotopic (exact) mass is 330 g/mol. The fourth-order valence-corrected chi connectivity index (χ4v) is 2.74. The minimum absolute atomic E-state index is 0.152. The molecular formula is C18H16F2N2O2. The fourth-order valence-electron chi connectivity index (χ4n) is 2.74. The zero-order valence-electron chi connectivity index (χ0n) is 13.0. The van der Waals surface area contributed by atoms with E-state index in [4.69, 9.17) is 0 Å². The summed E-state index contributed by atoms with van der Waals surface area (Å²) in [7, 11) is 1.85. The Bertz CT molecular complexity index is 885. The summed E-state index contributed by atoms with van der Waals surface area (Å²) in [6, 6.07) is 10.7. The predicted octanol–water partition coefficient (Wildman–Crippen LogP) is 2.92. The summed E-state index contributed by atoms with van der Waals surface area (Å²) in [5, 5.41) is 13.6. The Morgan fingerprint density at radius 3 is 2.54 bits per heavy atom. The number of fused-ring (bicyclic) bond motifs is 1. The smallest absolute Gasteiger partial charge is 0.257 e. The average molecular weight is 330 g/mol. The number of aliphatic hydroxyl groups is 1. The topological polar surface area (TPSA) is 54.3 Å². The minimum atomic E-state index is -0.991. The van der Waals surface area contributed by atoms with Gasteiger partial charge in [0.2, 0.25) is 0 Å². The highest BCUT2D eigenvalue weighted by Crippen LogP contribution is 2.25. The fraction of sp³-hybridized carbons (Fsp3) is 0.167. The van der Waals surface area contributed by atoms with Crippen LogP contribution in [0.15, 0.2) is 48.7 Å². The number of benzene rings is 2. The van der Waals surface area contributed by atoms with E-state index in [9.17, 15) is 18.7 Å². The summed E-state index contributed by atoms with van der Waals surface area (Å²) in [6.45, 7) is -0.152. The second-order valence-corrected chi connectivity index (χ2v) is 5.53. The summed E-state index contributed by atoms with van der Waals surface area (Å²) in [5.74, 6) is -2.77. The number of amides is 1. The number of nitrogens with one attached hydrogen (secondary N) is 1. The van der Waals surface area contributed by atoms with Crippen LogP contribution in [0.25, 0.3) is 10.9 Å². The Hall–Kier alpha value is -2.73. The predicted molar refractivity (Wildman–Crippen MR) is 86.6 cm³/mol. The summed E-state index contributed by atoms with van der Waals surface area (Å²) < 4.78 is 29.1. The minimum Gasteiger partial charge on any atom is -0.386 e. The first kappa shape index (κ1) is 16.1. The van der Waals surface area contributed by atoms with Crippen molar-refractivity contribution in [2.24, 2.45) is 7.05 Å². The van der Waals surface area contributed by atoms with Gasteiger partial charge in [-0.2, -0.15) is 0 Å². The molecule has 124 valence electrons. The number of halogens is 2. The molecule has 6 heteroatoms. The van der Waals surface area contributed by atoms with Crippen LogP contribution in [0.3, 0.4) is 0 Å². The molecule has 24 heavy (non-hydrogen) atoms. The van der Waals surface area contributed by atoms with Crippen LogP contribution in [0.4, 0.5) is 8.78 Å². The molecule has 0 aliphatic heterocycles. The number of nitrogens with zero attached hydrogens (tertiary/aromatic N) is 1. The van der Waals surface area contributed by atoms with E-state index in [0.717, 1.165) is 23.0 Å². The molecule has 0 aliphatic carbocycles. The van der Waals surface area contributed by atoms with Crippen LogP contribution in [-0.4, -0.2) is 22.1 Å². The van der Waals surface area contributed by atoms with E-state index in [0.29, 0.717) is 5.56 Å². The van der Waals surface area contributed by atoms with Crippen LogP contribution in [0.1, 0.15) is 22.0 Å². The quantitative estimate of drug-likeness (QED) is 0.773. The summed E-state index contributed by atoms with van der Waals surface area (Å²) >= 11 is 0. The van der Waals surface area contributed by atoms with Gasteiger partial charge < -0.3 is 15.0 Å². The van der Waals surface area contributed by atoms with E-state index in [-0.39, 0.29) is 6.54 Å². The first-order valence-electron chi connectivity index (χ1n) is 7.43. The van der Waals surface area contributed by atoms with E-state index in [2.05, 4.69) is 5.32 Å². The third kappa shape index (κ3) is 2.88. The highest BCUT2D eigenvalue weighted by molar-refractivity contribution is 5.94. The van der Waals surface area contributed by atoms with Crippen LogP contribution in [-0.2, 0) is 7.05 Å². The third-order valence-electron chi connectivity index (χ3n) is 3.93. The molecule has 0 unspecified atom stereocenters. The van der Waals surface area contributed by atoms with Gasteiger partial charge in [0.1, 0.15) is 17.2 Å². The number of para-hydroxylation sites is 1. The number of aromatic nitrogens is 1. The molecule has 2 aromatic carbocycles. The van der Waals surface area contributed by atoms with E-state index in [1.54, 1.807) is 6.20 Å². The van der Waals surface area contributed by atoms with E-state index < -0.39 is 29.2 Å². The summed E-state index contributed by atoms with van der Waals surface area (Å²) in [5.41, 5.74) is 0.933. The van der Waals surface area contributed by atoms with Gasteiger partial charge in [-0.3, -0.25) is 4.79 Å². The standard InChI is InChI=1S/C18H16F2N2O2/c1-22-10-12(11-5-2-3-8-15(11)22)16(23)9-21-18(24)17-13(19)6-4-7-14(17)20/h2-8,10,16,23H,9H2,1H3,(H,21,24)/t16-/m1/s1. The van der Waals surface area contributed by atoms with Gasteiger partial charge in [0, 0.05) is 36.3 Å². The molecule has 3 aromatic rings. The second-order valence-electron chi connectivity index (χ2n) is 5.53. The molecule has 1 heterocycles. The molecule has 0 saturated carbocycles. The number of hydrogen-bond acceptors (Lipinski definition) is 2. The zero-order chi connectivity index (χ0) is 17.3. The summed E-state index contributed by atoms with van der Waals surface area (Å²) in [4.78, 5) is 12.0. The van der Waals surface area contributed by atoms with Gasteiger partial charge in [-0.25, -0.2) is 8.78 Å². The maximum Gasteiger partial charge on any atom is 0.257 e. The Kier molecular flexibility index (Phi) is 4.31. The van der Waals surface area contributed by atoms with Gasteiger partial charge in [-0.15, -0.1) is 0 Å². The van der Waals surface area contributed by atoms with Crippen molar-refractivity contribution in [3.8, 4) is 0 Å².